The first-order valence-electron chi connectivity index (χ1n) is 7.25. The molecule has 0 aromatic heterocycles. The van der Waals surface area contributed by atoms with Crippen molar-refractivity contribution in [1.29, 1.82) is 0 Å². The van der Waals surface area contributed by atoms with Crippen LogP contribution in [0.5, 0.6) is 0 Å². The highest BCUT2D eigenvalue weighted by molar-refractivity contribution is 5.87. The Hall–Kier alpha value is -1.43. The van der Waals surface area contributed by atoms with Gasteiger partial charge in [-0.2, -0.15) is 0 Å². The zero-order valence-electron chi connectivity index (χ0n) is 12.7. The molecule has 1 aliphatic heterocycles. The second-order valence-electron chi connectivity index (χ2n) is 6.07. The Balaban J connectivity index is 2.08. The van der Waals surface area contributed by atoms with E-state index in [1.807, 2.05) is 30.3 Å². The molecule has 0 spiro atoms. The molecular formula is C16H24N2O3. The summed E-state index contributed by atoms with van der Waals surface area (Å²) in [6.07, 6.45) is 1.08. The summed E-state index contributed by atoms with van der Waals surface area (Å²) in [5.41, 5.74) is 5.02. The van der Waals surface area contributed by atoms with Gasteiger partial charge in [0.25, 0.3) is 0 Å². The Morgan fingerprint density at radius 3 is 2.52 bits per heavy atom. The number of nitrogens with two attached hydrogens (primary N) is 1. The largest absolute Gasteiger partial charge is 0.388 e. The monoisotopic (exact) mass is 292 g/mol. The van der Waals surface area contributed by atoms with Crippen molar-refractivity contribution in [3.8, 4) is 0 Å². The van der Waals surface area contributed by atoms with Gasteiger partial charge >= 0.3 is 0 Å². The van der Waals surface area contributed by atoms with Crippen molar-refractivity contribution in [2.45, 2.75) is 30.9 Å². The third-order valence-corrected chi connectivity index (χ3v) is 4.12. The lowest BCUT2D eigenvalue weighted by Gasteiger charge is -2.38. The van der Waals surface area contributed by atoms with E-state index in [0.717, 1.165) is 5.56 Å². The molecule has 3 N–H and O–H groups in total. The molecule has 0 radical (unpaired) electrons. The predicted molar refractivity (Wildman–Crippen MR) is 80.6 cm³/mol. The summed E-state index contributed by atoms with van der Waals surface area (Å²) < 4.78 is 5.26. The van der Waals surface area contributed by atoms with Crippen LogP contribution in [0.3, 0.4) is 0 Å². The number of hydrogen-bond acceptors (Lipinski definition) is 4. The number of aliphatic hydroxyl groups is 1. The van der Waals surface area contributed by atoms with Crippen LogP contribution in [0.15, 0.2) is 30.3 Å². The molecule has 1 atom stereocenters. The number of carbonyl (C=O) groups is 1. The lowest BCUT2D eigenvalue weighted by atomic mass is 9.89. The van der Waals surface area contributed by atoms with Crippen molar-refractivity contribution in [1.82, 2.24) is 4.90 Å². The molecule has 1 aliphatic rings. The molecule has 1 heterocycles. The summed E-state index contributed by atoms with van der Waals surface area (Å²) in [5, 5.41) is 10.5. The third-order valence-electron chi connectivity index (χ3n) is 4.12. The number of nitrogens with zero attached hydrogens (tertiary/aromatic N) is 1. The van der Waals surface area contributed by atoms with Gasteiger partial charge in [0.2, 0.25) is 5.91 Å². The average Bonchev–Trinajstić information content (AvgIpc) is 2.47. The van der Waals surface area contributed by atoms with E-state index in [4.69, 9.17) is 10.5 Å². The van der Waals surface area contributed by atoms with Crippen LogP contribution in [-0.4, -0.2) is 48.3 Å². The second kappa shape index (κ2) is 6.13. The van der Waals surface area contributed by atoms with Crippen molar-refractivity contribution in [2.24, 2.45) is 5.73 Å². The summed E-state index contributed by atoms with van der Waals surface area (Å²) in [7, 11) is 1.68. The Bertz CT molecular complexity index is 482. The van der Waals surface area contributed by atoms with E-state index in [0.29, 0.717) is 26.1 Å². The first-order chi connectivity index (χ1) is 9.85. The normalized spacial score (nSPS) is 20.6. The predicted octanol–water partition coefficient (Wildman–Crippen LogP) is 0.860. The molecule has 1 aromatic carbocycles. The molecule has 0 saturated carbocycles. The molecule has 1 amide bonds. The molecule has 1 fully saturated rings. The van der Waals surface area contributed by atoms with Gasteiger partial charge in [-0.25, -0.2) is 0 Å². The fourth-order valence-corrected chi connectivity index (χ4v) is 2.73. The highest BCUT2D eigenvalue weighted by Gasteiger charge is 2.37. The van der Waals surface area contributed by atoms with Crippen molar-refractivity contribution in [3.05, 3.63) is 35.9 Å². The van der Waals surface area contributed by atoms with Crippen LogP contribution < -0.4 is 5.73 Å². The minimum atomic E-state index is -1.10. The highest BCUT2D eigenvalue weighted by atomic mass is 16.5. The molecule has 0 bridgehead atoms. The number of carbonyl (C=O) groups excluding carboxylic acids is 1. The van der Waals surface area contributed by atoms with Crippen LogP contribution in [-0.2, 0) is 15.1 Å². The molecule has 5 heteroatoms. The topological polar surface area (TPSA) is 75.8 Å². The first kappa shape index (κ1) is 15.9. The summed E-state index contributed by atoms with van der Waals surface area (Å²) >= 11 is 0. The SMILES string of the molecule is CN(CC1(O)CCOCC1)C(=O)C(C)(N)c1ccccc1. The Kier molecular flexibility index (Phi) is 4.66. The van der Waals surface area contributed by atoms with Crippen molar-refractivity contribution in [3.63, 3.8) is 0 Å². The van der Waals surface area contributed by atoms with Gasteiger partial charge < -0.3 is 20.5 Å². The molecular weight excluding hydrogens is 268 g/mol. The van der Waals surface area contributed by atoms with Crippen molar-refractivity contribution < 1.29 is 14.6 Å². The Morgan fingerprint density at radius 2 is 1.95 bits per heavy atom. The van der Waals surface area contributed by atoms with Gasteiger partial charge in [0.05, 0.1) is 5.60 Å². The van der Waals surface area contributed by atoms with E-state index in [2.05, 4.69) is 0 Å². The summed E-state index contributed by atoms with van der Waals surface area (Å²) in [4.78, 5) is 14.2. The molecule has 116 valence electrons. The molecule has 1 aromatic rings. The second-order valence-corrected chi connectivity index (χ2v) is 6.07. The average molecular weight is 292 g/mol. The fourth-order valence-electron chi connectivity index (χ4n) is 2.73. The van der Waals surface area contributed by atoms with E-state index in [9.17, 15) is 9.90 Å². The van der Waals surface area contributed by atoms with E-state index < -0.39 is 11.1 Å². The summed E-state index contributed by atoms with van der Waals surface area (Å²) in [6.45, 7) is 3.03. The standard InChI is InChI=1S/C16H24N2O3/c1-15(17,13-6-4-3-5-7-13)14(19)18(2)12-16(20)8-10-21-11-9-16/h3-7,20H,8-12,17H2,1-2H3. The molecule has 1 saturated heterocycles. The van der Waals surface area contributed by atoms with Crippen LogP contribution in [0.25, 0.3) is 0 Å². The zero-order chi connectivity index (χ0) is 15.5. The minimum absolute atomic E-state index is 0.200. The molecule has 5 nitrogen and oxygen atoms in total. The first-order valence-corrected chi connectivity index (χ1v) is 7.25. The smallest absolute Gasteiger partial charge is 0.246 e. The van der Waals surface area contributed by atoms with Crippen molar-refractivity contribution in [2.75, 3.05) is 26.8 Å². The van der Waals surface area contributed by atoms with E-state index in [1.54, 1.807) is 14.0 Å². The summed E-state index contributed by atoms with van der Waals surface area (Å²) in [5.74, 6) is -0.200. The van der Waals surface area contributed by atoms with Gasteiger partial charge in [0, 0.05) is 39.6 Å². The van der Waals surface area contributed by atoms with Gasteiger partial charge in [-0.1, -0.05) is 30.3 Å². The number of hydrogen-bond donors (Lipinski definition) is 2. The highest BCUT2D eigenvalue weighted by Crippen LogP contribution is 2.24. The van der Waals surface area contributed by atoms with Gasteiger partial charge in [-0.3, -0.25) is 4.79 Å². The van der Waals surface area contributed by atoms with Crippen molar-refractivity contribution >= 4 is 5.91 Å². The molecule has 0 aliphatic carbocycles. The maximum atomic E-state index is 12.6. The quantitative estimate of drug-likeness (QED) is 0.863. The summed E-state index contributed by atoms with van der Waals surface area (Å²) in [6, 6.07) is 9.29. The van der Waals surface area contributed by atoms with Crippen LogP contribution in [0.4, 0.5) is 0 Å². The Labute approximate surface area is 125 Å². The molecule has 21 heavy (non-hydrogen) atoms. The van der Waals surface area contributed by atoms with Gasteiger partial charge in [0.15, 0.2) is 0 Å². The zero-order valence-corrected chi connectivity index (χ0v) is 12.7. The number of ether oxygens (including phenoxy) is 1. The lowest BCUT2D eigenvalue weighted by molar-refractivity contribution is -0.142. The lowest BCUT2D eigenvalue weighted by Crippen LogP contribution is -2.54. The van der Waals surface area contributed by atoms with Crippen LogP contribution in [0.2, 0.25) is 0 Å². The van der Waals surface area contributed by atoms with Gasteiger partial charge in [-0.05, 0) is 12.5 Å². The van der Waals surface area contributed by atoms with E-state index in [-0.39, 0.29) is 12.5 Å². The third kappa shape index (κ3) is 3.61. The van der Waals surface area contributed by atoms with Crippen LogP contribution in [0.1, 0.15) is 25.3 Å². The van der Waals surface area contributed by atoms with Crippen LogP contribution in [0, 0.1) is 0 Å². The van der Waals surface area contributed by atoms with Gasteiger partial charge in [0.1, 0.15) is 5.54 Å². The number of benzene rings is 1. The molecule has 1 unspecified atom stereocenters. The maximum absolute atomic E-state index is 12.6. The van der Waals surface area contributed by atoms with E-state index >= 15 is 0 Å². The fraction of sp³-hybridized carbons (Fsp3) is 0.562. The molecule has 2 rings (SSSR count). The van der Waals surface area contributed by atoms with Gasteiger partial charge in [-0.15, -0.1) is 0 Å². The maximum Gasteiger partial charge on any atom is 0.246 e. The number of amides is 1. The van der Waals surface area contributed by atoms with Crippen LogP contribution >= 0.6 is 0 Å². The minimum Gasteiger partial charge on any atom is -0.388 e. The van der Waals surface area contributed by atoms with E-state index in [1.165, 1.54) is 4.90 Å². The number of likely N-dealkylation sites (N-methyl/N-ethyl adjacent to an activating group) is 1. The number of rotatable bonds is 4. The Morgan fingerprint density at radius 1 is 1.38 bits per heavy atom.